The van der Waals surface area contributed by atoms with Crippen molar-refractivity contribution in [1.82, 2.24) is 10.2 Å². The van der Waals surface area contributed by atoms with Crippen LogP contribution in [0, 0.1) is 5.92 Å². The molecule has 6 nitrogen and oxygen atoms in total. The molecule has 1 saturated heterocycles. The summed E-state index contributed by atoms with van der Waals surface area (Å²) in [6.45, 7) is 1.92. The van der Waals surface area contributed by atoms with Gasteiger partial charge in [-0.25, -0.2) is 0 Å². The van der Waals surface area contributed by atoms with Crippen molar-refractivity contribution in [3.05, 3.63) is 54.1 Å². The average molecular weight is 398 g/mol. The van der Waals surface area contributed by atoms with Crippen LogP contribution in [0.2, 0.25) is 0 Å². The van der Waals surface area contributed by atoms with E-state index < -0.39 is 11.6 Å². The molecule has 0 aromatic heterocycles. The lowest BCUT2D eigenvalue weighted by Gasteiger charge is -2.56. The Morgan fingerprint density at radius 3 is 2.57 bits per heavy atom. The molecule has 0 unspecified atom stereocenters. The molecule has 3 atom stereocenters. The Hall–Kier alpha value is -2.80. The fourth-order valence-corrected chi connectivity index (χ4v) is 4.57. The maximum absolute atomic E-state index is 13.3. The van der Waals surface area contributed by atoms with Gasteiger partial charge in [-0.05, 0) is 37.3 Å². The van der Waals surface area contributed by atoms with E-state index in [1.165, 1.54) is 0 Å². The van der Waals surface area contributed by atoms with Gasteiger partial charge in [-0.1, -0.05) is 30.3 Å². The van der Waals surface area contributed by atoms with E-state index in [0.29, 0.717) is 16.6 Å². The van der Waals surface area contributed by atoms with Crippen molar-refractivity contribution >= 4 is 28.9 Å². The highest BCUT2D eigenvalue weighted by Gasteiger charge is 2.59. The van der Waals surface area contributed by atoms with Gasteiger partial charge in [0.1, 0.15) is 5.92 Å². The Morgan fingerprint density at radius 1 is 1.21 bits per heavy atom. The predicted molar refractivity (Wildman–Crippen MR) is 112 cm³/mol. The van der Waals surface area contributed by atoms with Crippen molar-refractivity contribution in [1.29, 1.82) is 0 Å². The second kappa shape index (κ2) is 6.67. The molecule has 146 valence electrons. The Bertz CT molecular complexity index is 934. The summed E-state index contributed by atoms with van der Waals surface area (Å²) in [5, 5.41) is 3.91. The van der Waals surface area contributed by atoms with Gasteiger partial charge in [-0.15, -0.1) is 0 Å². The van der Waals surface area contributed by atoms with Gasteiger partial charge >= 0.3 is 0 Å². The summed E-state index contributed by atoms with van der Waals surface area (Å²) in [4.78, 5) is 16.8. The molecule has 0 radical (unpaired) electrons. The molecule has 1 fully saturated rings. The van der Waals surface area contributed by atoms with Gasteiger partial charge in [-0.3, -0.25) is 9.69 Å². The lowest BCUT2D eigenvalue weighted by Crippen LogP contribution is -2.72. The molecule has 2 heterocycles. The third kappa shape index (κ3) is 2.61. The zero-order valence-corrected chi connectivity index (χ0v) is 17.1. The maximum Gasteiger partial charge on any atom is 0.233 e. The average Bonchev–Trinajstić information content (AvgIpc) is 2.67. The first-order chi connectivity index (χ1) is 13.4. The van der Waals surface area contributed by atoms with Crippen molar-refractivity contribution in [2.75, 3.05) is 26.1 Å². The van der Waals surface area contributed by atoms with Crippen LogP contribution >= 0.6 is 12.2 Å². The van der Waals surface area contributed by atoms with Gasteiger partial charge in [0.15, 0.2) is 22.3 Å². The summed E-state index contributed by atoms with van der Waals surface area (Å²) in [6, 6.07) is 15.1. The first-order valence-corrected chi connectivity index (χ1v) is 9.52. The molecule has 2 aliphatic heterocycles. The minimum absolute atomic E-state index is 0.0306. The zero-order valence-electron chi connectivity index (χ0n) is 16.3. The molecule has 28 heavy (non-hydrogen) atoms. The van der Waals surface area contributed by atoms with Crippen LogP contribution in [0.1, 0.15) is 18.5 Å². The van der Waals surface area contributed by atoms with E-state index in [9.17, 15) is 4.79 Å². The molecule has 1 N–H and O–H groups in total. The zero-order chi connectivity index (χ0) is 20.1. The number of para-hydroxylation sites is 2. The van der Waals surface area contributed by atoms with Gasteiger partial charge in [0, 0.05) is 25.3 Å². The smallest absolute Gasteiger partial charge is 0.233 e. The Kier molecular flexibility index (Phi) is 4.42. The normalized spacial score (nSPS) is 25.3. The van der Waals surface area contributed by atoms with E-state index in [1.54, 1.807) is 26.1 Å². The number of thiocarbonyl (C=S) groups is 1. The van der Waals surface area contributed by atoms with Crippen molar-refractivity contribution in [2.24, 2.45) is 5.92 Å². The minimum Gasteiger partial charge on any atom is -0.493 e. The number of hydrogen-bond donors (Lipinski definition) is 1. The second-order valence-corrected chi connectivity index (χ2v) is 7.73. The van der Waals surface area contributed by atoms with Crippen LogP contribution in [0.5, 0.6) is 11.5 Å². The molecule has 0 spiro atoms. The lowest BCUT2D eigenvalue weighted by molar-refractivity contribution is -0.144. The van der Waals surface area contributed by atoms with Crippen LogP contribution in [0.3, 0.4) is 0 Å². The van der Waals surface area contributed by atoms with Crippen molar-refractivity contribution < 1.29 is 14.3 Å². The summed E-state index contributed by atoms with van der Waals surface area (Å²) in [6.07, 6.45) is 0. The van der Waals surface area contributed by atoms with E-state index in [0.717, 1.165) is 11.3 Å². The monoisotopic (exact) mass is 397 g/mol. The number of hydrogen-bond acceptors (Lipinski definition) is 4. The molecular weight excluding hydrogens is 374 g/mol. The van der Waals surface area contributed by atoms with Crippen LogP contribution in [0.4, 0.5) is 5.69 Å². The van der Waals surface area contributed by atoms with E-state index >= 15 is 0 Å². The van der Waals surface area contributed by atoms with Crippen molar-refractivity contribution in [3.8, 4) is 11.5 Å². The third-order valence-electron chi connectivity index (χ3n) is 5.43. The fourth-order valence-electron chi connectivity index (χ4n) is 4.15. The number of ether oxygens (including phenoxy) is 2. The molecule has 0 saturated carbocycles. The standard InChI is InChI=1S/C21H23N3O3S/c1-21-16(19(25)23(2)3)17(14-11-8-12-15(26-4)18(14)27-21)22-20(28)24(21)13-9-6-5-7-10-13/h5-12,16-17H,1-4H3,(H,22,28)/t16-,17+,21-/m0/s1. The summed E-state index contributed by atoms with van der Waals surface area (Å²) < 4.78 is 12.1. The molecule has 2 aromatic carbocycles. The highest BCUT2D eigenvalue weighted by molar-refractivity contribution is 7.80. The lowest BCUT2D eigenvalue weighted by atomic mass is 9.78. The van der Waals surface area contributed by atoms with E-state index in [-0.39, 0.29) is 11.9 Å². The SMILES string of the molecule is COc1cccc2c1O[C@@]1(C)[C@H](C(=O)N(C)C)[C@@H]2NC(=S)N1c1ccccc1. The van der Waals surface area contributed by atoms with Crippen molar-refractivity contribution in [2.45, 2.75) is 18.7 Å². The molecule has 7 heteroatoms. The number of fused-ring (bicyclic) bond motifs is 4. The van der Waals surface area contributed by atoms with E-state index in [1.807, 2.05) is 60.4 Å². The number of carbonyl (C=O) groups excluding carboxylic acids is 1. The number of carbonyl (C=O) groups is 1. The molecule has 4 rings (SSSR count). The van der Waals surface area contributed by atoms with Gasteiger partial charge in [-0.2, -0.15) is 0 Å². The summed E-state index contributed by atoms with van der Waals surface area (Å²) >= 11 is 5.71. The highest BCUT2D eigenvalue weighted by atomic mass is 32.1. The quantitative estimate of drug-likeness (QED) is 0.804. The van der Waals surface area contributed by atoms with Gasteiger partial charge < -0.3 is 19.7 Å². The molecule has 2 aliphatic rings. The summed E-state index contributed by atoms with van der Waals surface area (Å²) in [5.74, 6) is 0.731. The minimum atomic E-state index is -1.02. The number of methoxy groups -OCH3 is 1. The Morgan fingerprint density at radius 2 is 1.93 bits per heavy atom. The molecule has 2 aromatic rings. The number of amides is 1. The largest absolute Gasteiger partial charge is 0.493 e. The number of rotatable bonds is 3. The van der Waals surface area contributed by atoms with Gasteiger partial charge in [0.2, 0.25) is 5.91 Å². The van der Waals surface area contributed by atoms with Crippen LogP contribution in [-0.2, 0) is 4.79 Å². The first kappa shape index (κ1) is 18.6. The second-order valence-electron chi connectivity index (χ2n) is 7.34. The Balaban J connectivity index is 1.95. The summed E-state index contributed by atoms with van der Waals surface area (Å²) in [5.41, 5.74) is 0.708. The van der Waals surface area contributed by atoms with Gasteiger partial charge in [0.25, 0.3) is 0 Å². The van der Waals surface area contributed by atoms with Crippen LogP contribution in [0.15, 0.2) is 48.5 Å². The number of anilines is 1. The molecule has 0 aliphatic carbocycles. The number of nitrogens with one attached hydrogen (secondary N) is 1. The highest BCUT2D eigenvalue weighted by Crippen LogP contribution is 2.52. The van der Waals surface area contributed by atoms with E-state index in [4.69, 9.17) is 21.7 Å². The van der Waals surface area contributed by atoms with E-state index in [2.05, 4.69) is 5.32 Å². The first-order valence-electron chi connectivity index (χ1n) is 9.11. The molecular formula is C21H23N3O3S. The van der Waals surface area contributed by atoms with Crippen LogP contribution < -0.4 is 19.7 Å². The predicted octanol–water partition coefficient (Wildman–Crippen LogP) is 2.94. The van der Waals surface area contributed by atoms with Crippen LogP contribution in [0.25, 0.3) is 0 Å². The summed E-state index contributed by atoms with van der Waals surface area (Å²) in [7, 11) is 5.13. The molecule has 1 amide bonds. The van der Waals surface area contributed by atoms with Gasteiger partial charge in [0.05, 0.1) is 13.2 Å². The molecule has 2 bridgehead atoms. The number of nitrogens with zero attached hydrogens (tertiary/aromatic N) is 2. The maximum atomic E-state index is 13.3. The fraction of sp³-hybridized carbons (Fsp3) is 0.333. The third-order valence-corrected chi connectivity index (χ3v) is 5.73. The van der Waals surface area contributed by atoms with Crippen LogP contribution in [-0.4, -0.2) is 42.8 Å². The Labute approximate surface area is 170 Å². The topological polar surface area (TPSA) is 54.0 Å². The van der Waals surface area contributed by atoms with Crippen molar-refractivity contribution in [3.63, 3.8) is 0 Å². The number of benzene rings is 2.